The number of nitrogens with zero attached hydrogens (tertiary/aromatic N) is 6. The van der Waals surface area contributed by atoms with Gasteiger partial charge >= 0.3 is 6.01 Å². The molecule has 0 unspecified atom stereocenters. The van der Waals surface area contributed by atoms with E-state index in [0.717, 1.165) is 60.0 Å². The van der Waals surface area contributed by atoms with Crippen molar-refractivity contribution in [3.05, 3.63) is 90.6 Å². The van der Waals surface area contributed by atoms with Crippen LogP contribution in [0.1, 0.15) is 24.1 Å². The molecule has 45 heavy (non-hydrogen) atoms. The van der Waals surface area contributed by atoms with E-state index >= 15 is 0 Å². The molecule has 2 saturated heterocycles. The van der Waals surface area contributed by atoms with Crippen LogP contribution in [-0.2, 0) is 17.8 Å². The third-order valence-corrected chi connectivity index (χ3v) is 9.30. The molecule has 7 rings (SSSR count). The Kier molecular flexibility index (Phi) is 8.26. The first-order valence-corrected chi connectivity index (χ1v) is 16.0. The zero-order valence-electron chi connectivity index (χ0n) is 25.9. The molecule has 0 spiro atoms. The van der Waals surface area contributed by atoms with Crippen LogP contribution >= 0.6 is 0 Å². The number of hydrogen-bond acceptors (Lipinski definition) is 8. The lowest BCUT2D eigenvalue weighted by molar-refractivity contribution is -0.126. The highest BCUT2D eigenvalue weighted by Gasteiger charge is 2.30. The molecule has 1 amide bonds. The third-order valence-electron chi connectivity index (χ3n) is 9.30. The van der Waals surface area contributed by atoms with E-state index in [1.54, 1.807) is 0 Å². The van der Waals surface area contributed by atoms with Gasteiger partial charge in [-0.3, -0.25) is 4.79 Å². The van der Waals surface area contributed by atoms with Crippen molar-refractivity contribution in [2.24, 2.45) is 0 Å². The number of piperazine rings is 1. The second-order valence-corrected chi connectivity index (χ2v) is 12.1. The average Bonchev–Trinajstić information content (AvgIpc) is 3.50. The second kappa shape index (κ2) is 12.8. The first kappa shape index (κ1) is 29.1. The summed E-state index contributed by atoms with van der Waals surface area (Å²) in [5, 5.41) is 2.31. The quantitative estimate of drug-likeness (QED) is 0.251. The summed E-state index contributed by atoms with van der Waals surface area (Å²) in [7, 11) is 2.15. The van der Waals surface area contributed by atoms with Crippen LogP contribution in [0.15, 0.2) is 79.4 Å². The van der Waals surface area contributed by atoms with E-state index in [0.29, 0.717) is 51.4 Å². The van der Waals surface area contributed by atoms with Crippen molar-refractivity contribution in [3.8, 4) is 17.5 Å². The fourth-order valence-corrected chi connectivity index (χ4v) is 6.76. The summed E-state index contributed by atoms with van der Waals surface area (Å²) in [6, 6.07) is 23.4. The fourth-order valence-electron chi connectivity index (χ4n) is 6.76. The molecular formula is C36H40N6O3. The van der Waals surface area contributed by atoms with Crippen LogP contribution in [0.25, 0.3) is 10.8 Å². The van der Waals surface area contributed by atoms with Gasteiger partial charge in [0.2, 0.25) is 5.91 Å². The fraction of sp³-hybridized carbons (Fsp3) is 0.361. The largest absolute Gasteiger partial charge is 0.462 e. The van der Waals surface area contributed by atoms with Crippen molar-refractivity contribution in [1.29, 1.82) is 0 Å². The van der Waals surface area contributed by atoms with Crippen molar-refractivity contribution in [3.63, 3.8) is 0 Å². The van der Waals surface area contributed by atoms with Crippen molar-refractivity contribution < 1.29 is 14.3 Å². The van der Waals surface area contributed by atoms with E-state index in [9.17, 15) is 4.79 Å². The number of likely N-dealkylation sites (tertiary alicyclic amines) is 1. The van der Waals surface area contributed by atoms with Crippen LogP contribution in [0.3, 0.4) is 0 Å². The third kappa shape index (κ3) is 6.17. The minimum atomic E-state index is -0.0228. The van der Waals surface area contributed by atoms with Gasteiger partial charge in [-0.05, 0) is 62.5 Å². The number of hydrogen-bond donors (Lipinski definition) is 0. The van der Waals surface area contributed by atoms with Crippen LogP contribution in [-0.4, -0.2) is 84.6 Å². The Balaban J connectivity index is 1.20. The SMILES string of the molecule is C=CC(=O)N1CCN(c2nc(OC[C@@H]3CCCN3C)nc3c2CCN(c2cc(Oc4ccccc4)cc4ccccc24)C3)CC1. The number of anilines is 2. The Hall–Kier alpha value is -4.63. The smallest absolute Gasteiger partial charge is 0.318 e. The molecule has 1 aromatic heterocycles. The summed E-state index contributed by atoms with van der Waals surface area (Å²) < 4.78 is 12.6. The average molecular weight is 605 g/mol. The van der Waals surface area contributed by atoms with E-state index in [4.69, 9.17) is 19.4 Å². The summed E-state index contributed by atoms with van der Waals surface area (Å²) >= 11 is 0. The zero-order chi connectivity index (χ0) is 30.8. The molecule has 1 atom stereocenters. The highest BCUT2D eigenvalue weighted by Crippen LogP contribution is 2.38. The summed E-state index contributed by atoms with van der Waals surface area (Å²) in [4.78, 5) is 31.2. The maximum atomic E-state index is 12.3. The van der Waals surface area contributed by atoms with Crippen molar-refractivity contribution in [2.75, 3.05) is 62.7 Å². The topological polar surface area (TPSA) is 74.3 Å². The highest BCUT2D eigenvalue weighted by molar-refractivity contribution is 5.96. The van der Waals surface area contributed by atoms with Gasteiger partial charge in [0.1, 0.15) is 23.9 Å². The van der Waals surface area contributed by atoms with Gasteiger partial charge in [-0.25, -0.2) is 0 Å². The maximum Gasteiger partial charge on any atom is 0.318 e. The van der Waals surface area contributed by atoms with Gasteiger partial charge in [-0.15, -0.1) is 0 Å². The lowest BCUT2D eigenvalue weighted by Crippen LogP contribution is -2.49. The van der Waals surface area contributed by atoms with Gasteiger partial charge in [0.05, 0.1) is 12.2 Å². The number of amides is 1. The molecule has 3 aromatic carbocycles. The molecule has 9 nitrogen and oxygen atoms in total. The molecular weight excluding hydrogens is 564 g/mol. The summed E-state index contributed by atoms with van der Waals surface area (Å²) in [6.45, 7) is 9.48. The molecule has 0 saturated carbocycles. The molecule has 4 aromatic rings. The highest BCUT2D eigenvalue weighted by atomic mass is 16.5. The molecule has 3 aliphatic heterocycles. The van der Waals surface area contributed by atoms with Crippen molar-refractivity contribution in [1.82, 2.24) is 19.8 Å². The maximum absolute atomic E-state index is 12.3. The van der Waals surface area contributed by atoms with E-state index in [1.165, 1.54) is 23.4 Å². The van der Waals surface area contributed by atoms with Gasteiger partial charge in [0, 0.05) is 61.5 Å². The summed E-state index contributed by atoms with van der Waals surface area (Å²) in [5.74, 6) is 2.53. The Morgan fingerprint density at radius 1 is 0.933 bits per heavy atom. The Morgan fingerprint density at radius 2 is 1.73 bits per heavy atom. The summed E-state index contributed by atoms with van der Waals surface area (Å²) in [6.07, 6.45) is 4.51. The predicted octanol–water partition coefficient (Wildman–Crippen LogP) is 5.29. The number of aromatic nitrogens is 2. The number of likely N-dealkylation sites (N-methyl/N-ethyl adjacent to an activating group) is 1. The number of ether oxygens (including phenoxy) is 2. The zero-order valence-corrected chi connectivity index (χ0v) is 25.9. The summed E-state index contributed by atoms with van der Waals surface area (Å²) in [5.41, 5.74) is 3.28. The van der Waals surface area contributed by atoms with E-state index in [1.807, 2.05) is 35.2 Å². The number of fused-ring (bicyclic) bond motifs is 2. The number of carbonyl (C=O) groups excluding carboxylic acids is 1. The van der Waals surface area contributed by atoms with Crippen LogP contribution in [0, 0.1) is 0 Å². The van der Waals surface area contributed by atoms with E-state index in [-0.39, 0.29) is 5.91 Å². The lowest BCUT2D eigenvalue weighted by Gasteiger charge is -2.38. The van der Waals surface area contributed by atoms with Gasteiger partial charge in [0.15, 0.2) is 0 Å². The number of carbonyl (C=O) groups is 1. The number of para-hydroxylation sites is 1. The lowest BCUT2D eigenvalue weighted by atomic mass is 10.0. The van der Waals surface area contributed by atoms with Crippen LogP contribution < -0.4 is 19.3 Å². The van der Waals surface area contributed by atoms with E-state index < -0.39 is 0 Å². The minimum absolute atomic E-state index is 0.0228. The Bertz CT molecular complexity index is 1690. The van der Waals surface area contributed by atoms with Crippen molar-refractivity contribution >= 4 is 28.2 Å². The molecule has 0 bridgehead atoms. The van der Waals surface area contributed by atoms with Crippen molar-refractivity contribution in [2.45, 2.75) is 31.8 Å². The molecule has 2 fully saturated rings. The standard InChI is InChI=1S/C36H40N6O3/c1-3-34(43)40-18-20-41(21-19-40)35-31-15-17-42(24-32(31)37-36(38-35)44-25-27-11-9-16-39(27)2)33-23-29(45-28-12-5-4-6-13-28)22-26-10-7-8-14-30(26)33/h3-8,10,12-14,22-23,27H,1,9,11,15-21,24-25H2,2H3/t27-/m0/s1. The predicted molar refractivity (Wildman–Crippen MR) is 177 cm³/mol. The molecule has 9 heteroatoms. The molecule has 4 heterocycles. The first-order chi connectivity index (χ1) is 22.1. The second-order valence-electron chi connectivity index (χ2n) is 12.1. The normalized spacial score (nSPS) is 18.6. The molecule has 0 radical (unpaired) electrons. The van der Waals surface area contributed by atoms with Gasteiger partial charge in [-0.1, -0.05) is 49.0 Å². The Morgan fingerprint density at radius 3 is 2.51 bits per heavy atom. The van der Waals surface area contributed by atoms with Crippen LogP contribution in [0.4, 0.5) is 11.5 Å². The minimum Gasteiger partial charge on any atom is -0.462 e. The van der Waals surface area contributed by atoms with Gasteiger partial charge < -0.3 is 29.1 Å². The molecule has 232 valence electrons. The monoisotopic (exact) mass is 604 g/mol. The molecule has 3 aliphatic rings. The Labute approximate surface area is 264 Å². The molecule has 0 aliphatic carbocycles. The van der Waals surface area contributed by atoms with Crippen LogP contribution in [0.5, 0.6) is 17.5 Å². The van der Waals surface area contributed by atoms with E-state index in [2.05, 4.69) is 64.7 Å². The van der Waals surface area contributed by atoms with Crippen LogP contribution in [0.2, 0.25) is 0 Å². The number of rotatable bonds is 8. The molecule has 0 N–H and O–H groups in total. The number of benzene rings is 3. The van der Waals surface area contributed by atoms with Gasteiger partial charge in [0.25, 0.3) is 0 Å². The first-order valence-electron chi connectivity index (χ1n) is 16.0. The van der Waals surface area contributed by atoms with Gasteiger partial charge in [-0.2, -0.15) is 9.97 Å².